The van der Waals surface area contributed by atoms with Crippen LogP contribution in [0.3, 0.4) is 0 Å². The molecule has 0 heterocycles. The van der Waals surface area contributed by atoms with Crippen molar-refractivity contribution in [3.05, 3.63) is 40.4 Å². The number of carbonyl (C=O) groups is 1. The number of esters is 1. The van der Waals surface area contributed by atoms with Crippen LogP contribution in [0.4, 0.5) is 52.7 Å². The second-order valence-corrected chi connectivity index (χ2v) is 11.0. The number of nitrogens with zero attached hydrogens (tertiary/aromatic N) is 2. The largest absolute Gasteiger partial charge is 0.487 e. The smallest absolute Gasteiger partial charge is 0.465 e. The van der Waals surface area contributed by atoms with Crippen molar-refractivity contribution in [1.82, 2.24) is 0 Å². The van der Waals surface area contributed by atoms with Gasteiger partial charge in [-0.05, 0) is 55.7 Å². The number of halogens is 13. The lowest BCUT2D eigenvalue weighted by atomic mass is 9.80. The molecule has 2 aliphatic carbocycles. The van der Waals surface area contributed by atoms with Crippen LogP contribution in [-0.4, -0.2) is 75.7 Å². The Labute approximate surface area is 288 Å². The summed E-state index contributed by atoms with van der Waals surface area (Å²) in [5.74, 6) is -3.90. The Kier molecular flexibility index (Phi) is 22.2. The van der Waals surface area contributed by atoms with Gasteiger partial charge in [0, 0.05) is 19.0 Å². The lowest BCUT2D eigenvalue weighted by molar-refractivity contribution is -0.149. The highest BCUT2D eigenvalue weighted by Gasteiger charge is 2.61. The van der Waals surface area contributed by atoms with Gasteiger partial charge in [0.2, 0.25) is 0 Å². The van der Waals surface area contributed by atoms with Gasteiger partial charge in [0.15, 0.2) is 0 Å². The number of methoxy groups -OCH3 is 1. The van der Waals surface area contributed by atoms with Gasteiger partial charge in [-0.15, -0.1) is 12.4 Å². The predicted octanol–water partition coefficient (Wildman–Crippen LogP) is 9.29. The van der Waals surface area contributed by atoms with Crippen molar-refractivity contribution in [2.75, 3.05) is 26.9 Å². The van der Waals surface area contributed by atoms with Gasteiger partial charge in [0.25, 0.3) is 0 Å². The Balaban J connectivity index is 0. The molecule has 21 heteroatoms. The first-order valence-corrected chi connectivity index (χ1v) is 15.0. The zero-order valence-corrected chi connectivity index (χ0v) is 28.4. The van der Waals surface area contributed by atoms with Gasteiger partial charge in [0.1, 0.15) is 0 Å². The molecule has 4 unspecified atom stereocenters. The fraction of sp³-hybridized carbons (Fsp3) is 0.724. The van der Waals surface area contributed by atoms with Crippen LogP contribution < -0.4 is 5.73 Å². The van der Waals surface area contributed by atoms with Crippen LogP contribution in [0.1, 0.15) is 79.8 Å². The molecule has 290 valence electrons. The molecular formula is C29H41BClF12N3O4. The summed E-state index contributed by atoms with van der Waals surface area (Å²) < 4.78 is 155. The summed E-state index contributed by atoms with van der Waals surface area (Å²) in [6.07, 6.45) is -13.5. The number of rotatable bonds is 11. The molecule has 2 N–H and O–H groups in total. The van der Waals surface area contributed by atoms with Gasteiger partial charge in [-0.2, -0.15) is 57.5 Å². The third-order valence-corrected chi connectivity index (χ3v) is 6.90. The van der Waals surface area contributed by atoms with Crippen LogP contribution >= 0.6 is 12.4 Å². The number of alkyl halides is 12. The van der Waals surface area contributed by atoms with E-state index in [0.717, 1.165) is 25.7 Å². The Hall–Kier alpha value is -2.54. The van der Waals surface area contributed by atoms with Crippen LogP contribution in [0.25, 0.3) is 5.53 Å². The minimum atomic E-state index is -4.49. The molecule has 0 saturated heterocycles. The van der Waals surface area contributed by atoms with Crippen LogP contribution in [0.5, 0.6) is 0 Å². The quantitative estimate of drug-likeness (QED) is 0.0460. The first kappa shape index (κ1) is 49.6. The highest BCUT2D eigenvalue weighted by atomic mass is 35.5. The molecule has 0 aliphatic heterocycles. The van der Waals surface area contributed by atoms with Crippen LogP contribution in [0.15, 0.2) is 18.2 Å². The molecule has 0 radical (unpaired) electrons. The number of ether oxygens (including phenoxy) is 1. The van der Waals surface area contributed by atoms with E-state index in [1.165, 1.54) is 13.2 Å². The summed E-state index contributed by atoms with van der Waals surface area (Å²) in [5, 5.41) is 0. The Bertz CT molecular complexity index is 1170. The van der Waals surface area contributed by atoms with E-state index in [4.69, 9.17) is 14.8 Å². The van der Waals surface area contributed by atoms with E-state index >= 15 is 0 Å². The maximum atomic E-state index is 12.5. The summed E-state index contributed by atoms with van der Waals surface area (Å²) >= 11 is 0. The van der Waals surface area contributed by atoms with Gasteiger partial charge in [-0.3, -0.25) is 0 Å². The van der Waals surface area contributed by atoms with E-state index in [-0.39, 0.29) is 25.2 Å². The number of aryl methyl sites for hydroxylation is 1. The van der Waals surface area contributed by atoms with Gasteiger partial charge < -0.3 is 25.3 Å². The standard InChI is InChI=1S/C13H13F3O2.C12H22BF3O2.C2HF3N2.C2H4F3N.ClH/c1-7-5-8(3-4-9(7)12(17)18-2)10-6-11(10)13(14,15)16;1-3-5-7-17-13(18-8-6-4-2)11-9-10(11)12(14,15)16;3-2(4,5)1-7-6;3-2(4,5)1-6;/h3-5,10-11H,6H2,1-2H3;10-11H,3-9H2,1-2H3;1H;1,6H2;1H. The van der Waals surface area contributed by atoms with Gasteiger partial charge in [-0.1, -0.05) is 38.8 Å². The molecule has 50 heavy (non-hydrogen) atoms. The monoisotopic (exact) mass is 769 g/mol. The highest BCUT2D eigenvalue weighted by molar-refractivity contribution is 6.47. The van der Waals surface area contributed by atoms with Gasteiger partial charge in [-0.25, -0.2) is 4.79 Å². The van der Waals surface area contributed by atoms with Crippen molar-refractivity contribution in [1.29, 1.82) is 0 Å². The van der Waals surface area contributed by atoms with Gasteiger partial charge >= 0.3 is 44.0 Å². The van der Waals surface area contributed by atoms with E-state index in [1.54, 1.807) is 23.8 Å². The molecule has 1 aromatic rings. The first-order chi connectivity index (χ1) is 22.5. The average Bonchev–Trinajstić information content (AvgIpc) is 3.89. The van der Waals surface area contributed by atoms with E-state index in [2.05, 4.69) is 10.5 Å². The van der Waals surface area contributed by atoms with E-state index < -0.39 is 74.1 Å². The SMILES string of the molecule is CCCCOB(OCCCC)C1CC1C(F)(F)F.COC(=O)c1ccc(C2CC2C(F)(F)F)cc1C.Cl.NCC(F)(F)F.[N-]=[N+]=CC(F)(F)F. The molecule has 3 rings (SSSR count). The minimum absolute atomic E-state index is 0. The summed E-state index contributed by atoms with van der Waals surface area (Å²) in [7, 11) is 0.603. The molecular weight excluding hydrogens is 729 g/mol. The average molecular weight is 770 g/mol. The molecule has 2 saturated carbocycles. The Morgan fingerprint density at radius 1 is 0.920 bits per heavy atom. The van der Waals surface area contributed by atoms with E-state index in [9.17, 15) is 57.5 Å². The lowest BCUT2D eigenvalue weighted by Gasteiger charge is -2.15. The maximum absolute atomic E-state index is 12.5. The Morgan fingerprint density at radius 3 is 1.68 bits per heavy atom. The fourth-order valence-electron chi connectivity index (χ4n) is 4.12. The summed E-state index contributed by atoms with van der Waals surface area (Å²) in [5.41, 5.74) is 13.1. The molecule has 2 aliphatic rings. The summed E-state index contributed by atoms with van der Waals surface area (Å²) in [6.45, 7) is 5.47. The van der Waals surface area contributed by atoms with Crippen molar-refractivity contribution < 1.29 is 76.3 Å². The molecule has 2 fully saturated rings. The first-order valence-electron chi connectivity index (χ1n) is 15.0. The Morgan fingerprint density at radius 2 is 1.40 bits per heavy atom. The number of hydrogen-bond acceptors (Lipinski definition) is 5. The second-order valence-electron chi connectivity index (χ2n) is 11.0. The van der Waals surface area contributed by atoms with Crippen molar-refractivity contribution in [3.8, 4) is 0 Å². The lowest BCUT2D eigenvalue weighted by Crippen LogP contribution is -2.27. The molecule has 1 aromatic carbocycles. The molecule has 4 atom stereocenters. The van der Waals surface area contributed by atoms with Crippen molar-refractivity contribution in [2.45, 2.75) is 95.7 Å². The number of hydrogen-bond donors (Lipinski definition) is 1. The maximum Gasteiger partial charge on any atom is 0.487 e. The number of unbranched alkanes of at least 4 members (excludes halogenated alkanes) is 2. The highest BCUT2D eigenvalue weighted by Crippen LogP contribution is 2.57. The topological polar surface area (TPSA) is 107 Å². The zero-order chi connectivity index (χ0) is 38.2. The number of nitrogens with two attached hydrogens (primary N) is 1. The summed E-state index contributed by atoms with van der Waals surface area (Å²) in [6, 6.07) is 4.75. The van der Waals surface area contributed by atoms with E-state index in [1.807, 2.05) is 13.8 Å². The normalized spacial score (nSPS) is 19.4. The van der Waals surface area contributed by atoms with Crippen LogP contribution in [0, 0.1) is 18.8 Å². The fourth-order valence-corrected chi connectivity index (χ4v) is 4.12. The van der Waals surface area contributed by atoms with E-state index in [0.29, 0.717) is 29.9 Å². The molecule has 7 nitrogen and oxygen atoms in total. The van der Waals surface area contributed by atoms with Crippen molar-refractivity contribution in [2.24, 2.45) is 17.6 Å². The number of benzene rings is 1. The van der Waals surface area contributed by atoms with Gasteiger partial charge in [0.05, 0.1) is 31.1 Å². The molecule has 0 amide bonds. The van der Waals surface area contributed by atoms with Crippen LogP contribution in [0.2, 0.25) is 5.82 Å². The van der Waals surface area contributed by atoms with Crippen molar-refractivity contribution >= 4 is 31.7 Å². The van der Waals surface area contributed by atoms with Crippen molar-refractivity contribution in [3.63, 3.8) is 0 Å². The molecule has 0 aromatic heterocycles. The summed E-state index contributed by atoms with van der Waals surface area (Å²) in [4.78, 5) is 13.1. The zero-order valence-electron chi connectivity index (χ0n) is 27.6. The molecule has 0 spiro atoms. The third kappa shape index (κ3) is 21.0. The second kappa shape index (κ2) is 22.4. The van der Waals surface area contributed by atoms with Crippen LogP contribution in [-0.2, 0) is 14.0 Å². The molecule has 0 bridgehead atoms. The number of carbonyl (C=O) groups excluding carboxylic acids is 1. The third-order valence-electron chi connectivity index (χ3n) is 6.90. The minimum Gasteiger partial charge on any atom is -0.465 e. The predicted molar refractivity (Wildman–Crippen MR) is 163 cm³/mol.